The zero-order chi connectivity index (χ0) is 20.5. The molecular weight excluding hydrogens is 386 g/mol. The van der Waals surface area contributed by atoms with E-state index in [4.69, 9.17) is 0 Å². The van der Waals surface area contributed by atoms with Crippen LogP contribution in [0.2, 0.25) is 0 Å². The third-order valence-electron chi connectivity index (χ3n) is 4.82. The first kappa shape index (κ1) is 21.0. The lowest BCUT2D eigenvalue weighted by molar-refractivity contribution is -0.120. The number of nitrogens with zero attached hydrogens (tertiary/aromatic N) is 5. The molecule has 8 nitrogen and oxygen atoms in total. The second-order valence-corrected chi connectivity index (χ2v) is 7.54. The molecule has 0 spiro atoms. The quantitative estimate of drug-likeness (QED) is 0.521. The normalized spacial score (nSPS) is 14.8. The smallest absolute Gasteiger partial charge is 0.239 e. The van der Waals surface area contributed by atoms with Gasteiger partial charge in [-0.1, -0.05) is 37.3 Å². The molecule has 0 bridgehead atoms. The molecule has 0 saturated carbocycles. The van der Waals surface area contributed by atoms with Crippen LogP contribution in [0.25, 0.3) is 0 Å². The van der Waals surface area contributed by atoms with Crippen LogP contribution in [0.5, 0.6) is 0 Å². The Kier molecular flexibility index (Phi) is 7.80. The van der Waals surface area contributed by atoms with Gasteiger partial charge >= 0.3 is 0 Å². The van der Waals surface area contributed by atoms with Gasteiger partial charge in [0.1, 0.15) is 5.82 Å². The second kappa shape index (κ2) is 10.8. The minimum atomic E-state index is -0.0262. The minimum absolute atomic E-state index is 0.0262. The number of hydrogen-bond donors (Lipinski definition) is 2. The monoisotopic (exact) mass is 415 g/mol. The van der Waals surface area contributed by atoms with Gasteiger partial charge in [-0.25, -0.2) is 4.98 Å². The Morgan fingerprint density at radius 2 is 1.93 bits per heavy atom. The molecule has 1 fully saturated rings. The largest absolute Gasteiger partial charge is 0.354 e. The number of aromatic nitrogens is 2. The van der Waals surface area contributed by atoms with Gasteiger partial charge in [0.2, 0.25) is 11.0 Å². The average molecular weight is 416 g/mol. The Balaban J connectivity index is 1.38. The zero-order valence-electron chi connectivity index (χ0n) is 17.1. The summed E-state index contributed by atoms with van der Waals surface area (Å²) < 4.78 is 4.37. The number of benzene rings is 1. The molecule has 0 unspecified atom stereocenters. The van der Waals surface area contributed by atoms with Crippen LogP contribution in [-0.2, 0) is 17.6 Å². The van der Waals surface area contributed by atoms with E-state index in [1.165, 1.54) is 17.1 Å². The SMILES string of the molecule is CCc1nsc(N2CCN(C(=NC)NCC(=O)NCCc3ccccc3)CC2)n1. The van der Waals surface area contributed by atoms with Crippen LogP contribution < -0.4 is 15.5 Å². The molecule has 1 amide bonds. The van der Waals surface area contributed by atoms with Crippen LogP contribution in [-0.4, -0.2) is 72.4 Å². The first-order valence-electron chi connectivity index (χ1n) is 10.0. The highest BCUT2D eigenvalue weighted by Gasteiger charge is 2.22. The molecule has 0 atom stereocenters. The summed E-state index contributed by atoms with van der Waals surface area (Å²) in [6.07, 6.45) is 1.69. The number of carbonyl (C=O) groups is 1. The third kappa shape index (κ3) is 6.15. The van der Waals surface area contributed by atoms with E-state index in [0.29, 0.717) is 6.54 Å². The average Bonchev–Trinajstić information content (AvgIpc) is 3.25. The summed E-state index contributed by atoms with van der Waals surface area (Å²) in [5, 5.41) is 7.12. The number of aliphatic imine (C=N–C) groups is 1. The fourth-order valence-corrected chi connectivity index (χ4v) is 3.97. The summed E-state index contributed by atoms with van der Waals surface area (Å²) in [4.78, 5) is 25.5. The van der Waals surface area contributed by atoms with Gasteiger partial charge in [0.15, 0.2) is 5.96 Å². The number of guanidine groups is 1. The summed E-state index contributed by atoms with van der Waals surface area (Å²) in [7, 11) is 1.75. The highest BCUT2D eigenvalue weighted by Crippen LogP contribution is 2.19. The first-order chi connectivity index (χ1) is 14.2. The van der Waals surface area contributed by atoms with E-state index in [-0.39, 0.29) is 12.5 Å². The maximum Gasteiger partial charge on any atom is 0.239 e. The topological polar surface area (TPSA) is 85.8 Å². The third-order valence-corrected chi connectivity index (χ3v) is 5.64. The Morgan fingerprint density at radius 3 is 2.59 bits per heavy atom. The van der Waals surface area contributed by atoms with Crippen molar-refractivity contribution in [1.29, 1.82) is 0 Å². The number of hydrogen-bond acceptors (Lipinski definition) is 6. The van der Waals surface area contributed by atoms with E-state index >= 15 is 0 Å². The molecule has 29 heavy (non-hydrogen) atoms. The number of anilines is 1. The lowest BCUT2D eigenvalue weighted by atomic mass is 10.1. The summed E-state index contributed by atoms with van der Waals surface area (Å²) in [6.45, 7) is 6.30. The van der Waals surface area contributed by atoms with Gasteiger partial charge in [0.25, 0.3) is 0 Å². The van der Waals surface area contributed by atoms with Gasteiger partial charge < -0.3 is 20.4 Å². The molecule has 1 saturated heterocycles. The van der Waals surface area contributed by atoms with Gasteiger partial charge in [0.05, 0.1) is 6.54 Å². The van der Waals surface area contributed by atoms with Crippen LogP contribution >= 0.6 is 11.5 Å². The standard InChI is InChI=1S/C20H29N7OS/c1-3-17-24-20(29-25-17)27-13-11-26(12-14-27)19(21-2)23-15-18(28)22-10-9-16-7-5-4-6-8-16/h4-8H,3,9-15H2,1-2H3,(H,21,23)(H,22,28). The lowest BCUT2D eigenvalue weighted by Crippen LogP contribution is -2.53. The van der Waals surface area contributed by atoms with Crippen molar-refractivity contribution in [3.05, 3.63) is 41.7 Å². The zero-order valence-corrected chi connectivity index (χ0v) is 17.9. The van der Waals surface area contributed by atoms with Gasteiger partial charge in [0, 0.05) is 57.7 Å². The van der Waals surface area contributed by atoms with Crippen molar-refractivity contribution in [1.82, 2.24) is 24.9 Å². The molecular formula is C20H29N7OS. The summed E-state index contributed by atoms with van der Waals surface area (Å²) >= 11 is 1.46. The Hall–Kier alpha value is -2.68. The maximum absolute atomic E-state index is 12.1. The van der Waals surface area contributed by atoms with Crippen LogP contribution in [0, 0.1) is 0 Å². The fraction of sp³-hybridized carbons (Fsp3) is 0.500. The summed E-state index contributed by atoms with van der Waals surface area (Å²) in [5.41, 5.74) is 1.22. The molecule has 2 heterocycles. The lowest BCUT2D eigenvalue weighted by Gasteiger charge is -2.36. The first-order valence-corrected chi connectivity index (χ1v) is 10.8. The van der Waals surface area contributed by atoms with Gasteiger partial charge in [-0.15, -0.1) is 0 Å². The van der Waals surface area contributed by atoms with Crippen molar-refractivity contribution in [3.63, 3.8) is 0 Å². The van der Waals surface area contributed by atoms with Gasteiger partial charge in [-0.2, -0.15) is 4.37 Å². The Labute approximate surface area is 176 Å². The minimum Gasteiger partial charge on any atom is -0.354 e. The van der Waals surface area contributed by atoms with Crippen LogP contribution in [0.1, 0.15) is 18.3 Å². The van der Waals surface area contributed by atoms with E-state index in [9.17, 15) is 4.79 Å². The molecule has 1 aliphatic rings. The second-order valence-electron chi connectivity index (χ2n) is 6.81. The van der Waals surface area contributed by atoms with Crippen LogP contribution in [0.15, 0.2) is 35.3 Å². The highest BCUT2D eigenvalue weighted by atomic mass is 32.1. The molecule has 1 aromatic carbocycles. The van der Waals surface area contributed by atoms with E-state index in [0.717, 1.165) is 55.9 Å². The molecule has 2 N–H and O–H groups in total. The number of nitrogens with one attached hydrogen (secondary N) is 2. The van der Waals surface area contributed by atoms with Crippen LogP contribution in [0.4, 0.5) is 5.13 Å². The van der Waals surface area contributed by atoms with E-state index < -0.39 is 0 Å². The molecule has 156 valence electrons. The molecule has 3 rings (SSSR count). The van der Waals surface area contributed by atoms with Crippen molar-refractivity contribution in [2.75, 3.05) is 51.2 Å². The van der Waals surface area contributed by atoms with Crippen LogP contribution in [0.3, 0.4) is 0 Å². The number of amides is 1. The maximum atomic E-state index is 12.1. The number of rotatable bonds is 7. The molecule has 0 aliphatic carbocycles. The van der Waals surface area contributed by atoms with Crippen molar-refractivity contribution in [2.45, 2.75) is 19.8 Å². The number of aryl methyl sites for hydroxylation is 1. The van der Waals surface area contributed by atoms with Crippen molar-refractivity contribution in [2.24, 2.45) is 4.99 Å². The summed E-state index contributed by atoms with van der Waals surface area (Å²) in [6, 6.07) is 10.1. The molecule has 2 aromatic rings. The summed E-state index contributed by atoms with van der Waals surface area (Å²) in [5.74, 6) is 1.64. The molecule has 0 radical (unpaired) electrons. The van der Waals surface area contributed by atoms with E-state index in [1.807, 2.05) is 18.2 Å². The van der Waals surface area contributed by atoms with Crippen molar-refractivity contribution >= 4 is 28.5 Å². The molecule has 1 aliphatic heterocycles. The molecule has 1 aromatic heterocycles. The van der Waals surface area contributed by atoms with E-state index in [2.05, 4.69) is 53.8 Å². The predicted molar refractivity (Wildman–Crippen MR) is 118 cm³/mol. The van der Waals surface area contributed by atoms with Crippen molar-refractivity contribution < 1.29 is 4.79 Å². The van der Waals surface area contributed by atoms with Gasteiger partial charge in [-0.3, -0.25) is 9.79 Å². The Morgan fingerprint density at radius 1 is 1.17 bits per heavy atom. The fourth-order valence-electron chi connectivity index (χ4n) is 3.17. The van der Waals surface area contributed by atoms with Gasteiger partial charge in [-0.05, 0) is 12.0 Å². The number of piperazine rings is 1. The predicted octanol–water partition coefficient (Wildman–Crippen LogP) is 1.16. The van der Waals surface area contributed by atoms with Crippen molar-refractivity contribution in [3.8, 4) is 0 Å². The van der Waals surface area contributed by atoms with E-state index in [1.54, 1.807) is 7.05 Å². The molecule has 9 heteroatoms. The Bertz CT molecular complexity index is 800. The highest BCUT2D eigenvalue weighted by molar-refractivity contribution is 7.09. The number of carbonyl (C=O) groups excluding carboxylic acids is 1.